The number of hydrogen-bond donors (Lipinski definition) is 1. The molecule has 1 atom stereocenters. The SMILES string of the molecule is CC(C)CCC(O)c1cc(Br)c2c(c1)OCCO2. The van der Waals surface area contributed by atoms with Crippen LogP contribution in [0.15, 0.2) is 16.6 Å². The molecular weight excluding hydrogens is 296 g/mol. The lowest BCUT2D eigenvalue weighted by Crippen LogP contribution is -2.16. The molecule has 1 N–H and O–H groups in total. The van der Waals surface area contributed by atoms with Crippen LogP contribution in [0.5, 0.6) is 11.5 Å². The van der Waals surface area contributed by atoms with Gasteiger partial charge in [-0.15, -0.1) is 0 Å². The summed E-state index contributed by atoms with van der Waals surface area (Å²) in [6.07, 6.45) is 1.33. The molecule has 0 fully saturated rings. The van der Waals surface area contributed by atoms with Gasteiger partial charge in [-0.3, -0.25) is 0 Å². The van der Waals surface area contributed by atoms with Crippen LogP contribution in [0.2, 0.25) is 0 Å². The van der Waals surface area contributed by atoms with Gasteiger partial charge < -0.3 is 14.6 Å². The molecule has 1 aliphatic rings. The van der Waals surface area contributed by atoms with Crippen molar-refractivity contribution in [3.8, 4) is 11.5 Å². The molecule has 0 saturated heterocycles. The lowest BCUT2D eigenvalue weighted by molar-refractivity contribution is 0.153. The third kappa shape index (κ3) is 3.18. The summed E-state index contributed by atoms with van der Waals surface area (Å²) >= 11 is 3.47. The molecule has 18 heavy (non-hydrogen) atoms. The van der Waals surface area contributed by atoms with Gasteiger partial charge in [0.2, 0.25) is 0 Å². The Hall–Kier alpha value is -0.740. The van der Waals surface area contributed by atoms with Crippen molar-refractivity contribution in [3.63, 3.8) is 0 Å². The Balaban J connectivity index is 2.16. The standard InChI is InChI=1S/C14H19BrO3/c1-9(2)3-4-12(16)10-7-11(15)14-13(8-10)17-5-6-18-14/h7-9,12,16H,3-6H2,1-2H3. The molecule has 0 aromatic heterocycles. The average molecular weight is 315 g/mol. The Bertz CT molecular complexity index is 418. The molecule has 1 aromatic rings. The fourth-order valence-electron chi connectivity index (χ4n) is 1.98. The highest BCUT2D eigenvalue weighted by Crippen LogP contribution is 2.40. The van der Waals surface area contributed by atoms with Gasteiger partial charge in [0.05, 0.1) is 10.6 Å². The van der Waals surface area contributed by atoms with Gasteiger partial charge in [0.1, 0.15) is 13.2 Å². The first-order valence-corrected chi connectivity index (χ1v) is 7.14. The maximum atomic E-state index is 10.2. The fourth-order valence-corrected chi connectivity index (χ4v) is 2.56. The maximum Gasteiger partial charge on any atom is 0.175 e. The van der Waals surface area contributed by atoms with E-state index in [0.29, 0.717) is 24.9 Å². The second kappa shape index (κ2) is 5.93. The van der Waals surface area contributed by atoms with E-state index >= 15 is 0 Å². The van der Waals surface area contributed by atoms with Crippen molar-refractivity contribution in [1.82, 2.24) is 0 Å². The Kier molecular flexibility index (Phi) is 4.51. The second-order valence-electron chi connectivity index (χ2n) is 5.01. The molecule has 0 radical (unpaired) electrons. The van der Waals surface area contributed by atoms with Crippen LogP contribution in [-0.4, -0.2) is 18.3 Å². The summed E-state index contributed by atoms with van der Waals surface area (Å²) in [6.45, 7) is 5.45. The molecule has 0 spiro atoms. The van der Waals surface area contributed by atoms with Crippen molar-refractivity contribution >= 4 is 15.9 Å². The molecule has 1 aromatic carbocycles. The summed E-state index contributed by atoms with van der Waals surface area (Å²) in [5.41, 5.74) is 0.881. The predicted molar refractivity (Wildman–Crippen MR) is 74.2 cm³/mol. The average Bonchev–Trinajstić information content (AvgIpc) is 2.36. The van der Waals surface area contributed by atoms with Gasteiger partial charge in [0.15, 0.2) is 11.5 Å². The molecule has 1 heterocycles. The van der Waals surface area contributed by atoms with E-state index in [9.17, 15) is 5.11 Å². The topological polar surface area (TPSA) is 38.7 Å². The zero-order valence-electron chi connectivity index (χ0n) is 10.8. The zero-order valence-corrected chi connectivity index (χ0v) is 12.4. The van der Waals surface area contributed by atoms with Gasteiger partial charge in [-0.25, -0.2) is 0 Å². The first-order valence-electron chi connectivity index (χ1n) is 6.35. The summed E-state index contributed by atoms with van der Waals surface area (Å²) in [5, 5.41) is 10.2. The molecule has 0 aliphatic carbocycles. The second-order valence-corrected chi connectivity index (χ2v) is 5.87. The van der Waals surface area contributed by atoms with Gasteiger partial charge in [-0.05, 0) is 52.4 Å². The van der Waals surface area contributed by atoms with Gasteiger partial charge in [-0.1, -0.05) is 13.8 Å². The minimum Gasteiger partial charge on any atom is -0.486 e. The van der Waals surface area contributed by atoms with E-state index in [0.717, 1.165) is 28.6 Å². The molecule has 2 rings (SSSR count). The first kappa shape index (κ1) is 13.7. The van der Waals surface area contributed by atoms with E-state index < -0.39 is 6.10 Å². The summed E-state index contributed by atoms with van der Waals surface area (Å²) in [6, 6.07) is 3.79. The van der Waals surface area contributed by atoms with Crippen LogP contribution < -0.4 is 9.47 Å². The number of ether oxygens (including phenoxy) is 2. The lowest BCUT2D eigenvalue weighted by Gasteiger charge is -2.22. The number of fused-ring (bicyclic) bond motifs is 1. The first-order chi connectivity index (χ1) is 8.58. The van der Waals surface area contributed by atoms with E-state index in [1.807, 2.05) is 12.1 Å². The highest BCUT2D eigenvalue weighted by atomic mass is 79.9. The van der Waals surface area contributed by atoms with Gasteiger partial charge >= 0.3 is 0 Å². The molecule has 0 saturated carbocycles. The number of halogens is 1. The summed E-state index contributed by atoms with van der Waals surface area (Å²) in [7, 11) is 0. The molecular formula is C14H19BrO3. The number of rotatable bonds is 4. The fraction of sp³-hybridized carbons (Fsp3) is 0.571. The van der Waals surface area contributed by atoms with Gasteiger partial charge in [0, 0.05) is 0 Å². The Labute approximate surface area is 116 Å². The lowest BCUT2D eigenvalue weighted by atomic mass is 9.99. The normalized spacial score (nSPS) is 15.8. The predicted octanol–water partition coefficient (Wildman–Crippen LogP) is 3.69. The van der Waals surface area contributed by atoms with E-state index in [1.165, 1.54) is 0 Å². The Morgan fingerprint density at radius 1 is 1.22 bits per heavy atom. The van der Waals surface area contributed by atoms with Crippen molar-refractivity contribution in [2.24, 2.45) is 5.92 Å². The van der Waals surface area contributed by atoms with Crippen molar-refractivity contribution in [2.45, 2.75) is 32.8 Å². The number of hydrogen-bond acceptors (Lipinski definition) is 3. The smallest absolute Gasteiger partial charge is 0.175 e. The van der Waals surface area contributed by atoms with Gasteiger partial charge in [0.25, 0.3) is 0 Å². The van der Waals surface area contributed by atoms with Crippen molar-refractivity contribution in [1.29, 1.82) is 0 Å². The number of aliphatic hydroxyl groups excluding tert-OH is 1. The molecule has 0 amide bonds. The monoisotopic (exact) mass is 314 g/mol. The van der Waals surface area contributed by atoms with E-state index in [2.05, 4.69) is 29.8 Å². The van der Waals surface area contributed by atoms with Crippen LogP contribution >= 0.6 is 15.9 Å². The molecule has 1 unspecified atom stereocenters. The minimum absolute atomic E-state index is 0.445. The molecule has 100 valence electrons. The molecule has 0 bridgehead atoms. The zero-order chi connectivity index (χ0) is 13.1. The maximum absolute atomic E-state index is 10.2. The van der Waals surface area contributed by atoms with Crippen LogP contribution in [0.4, 0.5) is 0 Å². The third-order valence-electron chi connectivity index (χ3n) is 3.02. The molecule has 3 nitrogen and oxygen atoms in total. The Morgan fingerprint density at radius 3 is 2.67 bits per heavy atom. The highest BCUT2D eigenvalue weighted by molar-refractivity contribution is 9.10. The quantitative estimate of drug-likeness (QED) is 0.921. The van der Waals surface area contributed by atoms with E-state index in [-0.39, 0.29) is 0 Å². The minimum atomic E-state index is -0.445. The largest absolute Gasteiger partial charge is 0.486 e. The molecule has 4 heteroatoms. The van der Waals surface area contributed by atoms with Crippen LogP contribution in [0, 0.1) is 5.92 Å². The van der Waals surface area contributed by atoms with Crippen LogP contribution in [0.25, 0.3) is 0 Å². The van der Waals surface area contributed by atoms with Crippen molar-refractivity contribution in [2.75, 3.05) is 13.2 Å². The van der Waals surface area contributed by atoms with Crippen molar-refractivity contribution in [3.05, 3.63) is 22.2 Å². The van der Waals surface area contributed by atoms with E-state index in [4.69, 9.17) is 9.47 Å². The van der Waals surface area contributed by atoms with Crippen LogP contribution in [0.3, 0.4) is 0 Å². The van der Waals surface area contributed by atoms with Crippen LogP contribution in [-0.2, 0) is 0 Å². The Morgan fingerprint density at radius 2 is 1.94 bits per heavy atom. The third-order valence-corrected chi connectivity index (χ3v) is 3.61. The molecule has 1 aliphatic heterocycles. The van der Waals surface area contributed by atoms with Gasteiger partial charge in [-0.2, -0.15) is 0 Å². The summed E-state index contributed by atoms with van der Waals surface area (Å²) in [4.78, 5) is 0. The summed E-state index contributed by atoms with van der Waals surface area (Å²) in [5.74, 6) is 2.05. The number of benzene rings is 1. The van der Waals surface area contributed by atoms with Crippen LogP contribution in [0.1, 0.15) is 38.4 Å². The van der Waals surface area contributed by atoms with Crippen molar-refractivity contribution < 1.29 is 14.6 Å². The number of aliphatic hydroxyl groups is 1. The highest BCUT2D eigenvalue weighted by Gasteiger charge is 2.19. The summed E-state index contributed by atoms with van der Waals surface area (Å²) < 4.78 is 11.9. The van der Waals surface area contributed by atoms with E-state index in [1.54, 1.807) is 0 Å².